The van der Waals surface area contributed by atoms with E-state index in [1.54, 1.807) is 6.92 Å². The van der Waals surface area contributed by atoms with Gasteiger partial charge in [-0.2, -0.15) is 0 Å². The molecule has 0 aliphatic heterocycles. The van der Waals surface area contributed by atoms with Gasteiger partial charge in [0.2, 0.25) is 16.9 Å². The standard InChI is InChI=1S/C20H26N4O4S3/c1-3-5-10-14(25)22-19-23-24-20(31-19)29-11-15(26)21-17-16(18(27)28-4-2)12-8-6-7-9-13(12)30-17/h3-11H2,1-2H3,(H,21,26)(H,22,23,25). The molecule has 3 rings (SSSR count). The highest BCUT2D eigenvalue weighted by atomic mass is 32.2. The van der Waals surface area contributed by atoms with E-state index >= 15 is 0 Å². The van der Waals surface area contributed by atoms with E-state index in [1.807, 2.05) is 6.92 Å². The van der Waals surface area contributed by atoms with Crippen molar-refractivity contribution in [2.75, 3.05) is 23.0 Å². The van der Waals surface area contributed by atoms with Gasteiger partial charge in [-0.25, -0.2) is 4.79 Å². The van der Waals surface area contributed by atoms with Crippen molar-refractivity contribution in [2.45, 2.75) is 63.1 Å². The molecule has 2 amide bonds. The summed E-state index contributed by atoms with van der Waals surface area (Å²) in [4.78, 5) is 38.0. The van der Waals surface area contributed by atoms with Crippen LogP contribution in [0.25, 0.3) is 0 Å². The van der Waals surface area contributed by atoms with Crippen molar-refractivity contribution < 1.29 is 19.1 Å². The number of rotatable bonds is 10. The Morgan fingerprint density at radius 1 is 1.06 bits per heavy atom. The van der Waals surface area contributed by atoms with Crippen LogP contribution in [0.5, 0.6) is 0 Å². The second-order valence-electron chi connectivity index (χ2n) is 7.00. The largest absolute Gasteiger partial charge is 0.462 e. The van der Waals surface area contributed by atoms with Gasteiger partial charge in [0.1, 0.15) is 5.00 Å². The number of nitrogens with one attached hydrogen (secondary N) is 2. The van der Waals surface area contributed by atoms with Crippen molar-refractivity contribution in [1.29, 1.82) is 0 Å². The third-order valence-electron chi connectivity index (χ3n) is 4.64. The summed E-state index contributed by atoms with van der Waals surface area (Å²) in [7, 11) is 0. The van der Waals surface area contributed by atoms with Crippen LogP contribution in [0.3, 0.4) is 0 Å². The van der Waals surface area contributed by atoms with Crippen LogP contribution >= 0.6 is 34.4 Å². The molecule has 1 aliphatic rings. The number of aryl methyl sites for hydroxylation is 1. The van der Waals surface area contributed by atoms with Crippen molar-refractivity contribution in [1.82, 2.24) is 10.2 Å². The number of nitrogens with zero attached hydrogens (tertiary/aromatic N) is 2. The van der Waals surface area contributed by atoms with Crippen molar-refractivity contribution in [3.8, 4) is 0 Å². The normalized spacial score (nSPS) is 12.8. The van der Waals surface area contributed by atoms with E-state index in [0.29, 0.717) is 33.1 Å². The van der Waals surface area contributed by atoms with Crippen LogP contribution in [-0.4, -0.2) is 40.3 Å². The molecule has 0 saturated carbocycles. The molecule has 31 heavy (non-hydrogen) atoms. The lowest BCUT2D eigenvalue weighted by Gasteiger charge is -2.12. The molecule has 0 unspecified atom stereocenters. The Bertz CT molecular complexity index is 941. The number of esters is 1. The molecule has 0 saturated heterocycles. The summed E-state index contributed by atoms with van der Waals surface area (Å²) in [5, 5.41) is 14.6. The zero-order chi connectivity index (χ0) is 22.2. The molecule has 168 valence electrons. The Balaban J connectivity index is 1.58. The molecule has 0 aromatic carbocycles. The number of ether oxygens (including phenoxy) is 1. The van der Waals surface area contributed by atoms with E-state index in [1.165, 1.54) is 34.4 Å². The van der Waals surface area contributed by atoms with Crippen molar-refractivity contribution in [3.63, 3.8) is 0 Å². The van der Waals surface area contributed by atoms with Gasteiger partial charge in [-0.15, -0.1) is 21.5 Å². The predicted octanol–water partition coefficient (Wildman–Crippen LogP) is 4.51. The number of carbonyl (C=O) groups excluding carboxylic acids is 3. The van der Waals surface area contributed by atoms with Crippen LogP contribution in [0.15, 0.2) is 4.34 Å². The maximum atomic E-state index is 12.5. The number of thiophene rings is 1. The smallest absolute Gasteiger partial charge is 0.341 e. The van der Waals surface area contributed by atoms with Crippen LogP contribution in [0, 0.1) is 0 Å². The summed E-state index contributed by atoms with van der Waals surface area (Å²) in [5.74, 6) is -0.556. The summed E-state index contributed by atoms with van der Waals surface area (Å²) in [5.41, 5.74) is 1.53. The zero-order valence-corrected chi connectivity index (χ0v) is 20.1. The number of carbonyl (C=O) groups is 3. The first-order valence-electron chi connectivity index (χ1n) is 10.4. The number of anilines is 2. The summed E-state index contributed by atoms with van der Waals surface area (Å²) >= 11 is 3.95. The van der Waals surface area contributed by atoms with Gasteiger partial charge in [-0.3, -0.25) is 9.59 Å². The zero-order valence-electron chi connectivity index (χ0n) is 17.6. The van der Waals surface area contributed by atoms with Gasteiger partial charge in [-0.05, 0) is 44.6 Å². The van der Waals surface area contributed by atoms with Gasteiger partial charge >= 0.3 is 5.97 Å². The predicted molar refractivity (Wildman–Crippen MR) is 124 cm³/mol. The molecule has 0 fully saturated rings. The van der Waals surface area contributed by atoms with Crippen molar-refractivity contribution in [3.05, 3.63) is 16.0 Å². The van der Waals surface area contributed by atoms with Gasteiger partial charge in [0.25, 0.3) is 0 Å². The number of unbranched alkanes of at least 4 members (excludes halogenated alkanes) is 1. The number of aromatic nitrogens is 2. The van der Waals surface area contributed by atoms with Gasteiger partial charge in [0, 0.05) is 11.3 Å². The maximum absolute atomic E-state index is 12.5. The third-order valence-corrected chi connectivity index (χ3v) is 7.82. The molecule has 8 nitrogen and oxygen atoms in total. The van der Waals surface area contributed by atoms with Crippen LogP contribution in [0.2, 0.25) is 0 Å². The Labute approximate surface area is 193 Å². The van der Waals surface area contributed by atoms with E-state index in [-0.39, 0.29) is 23.5 Å². The highest BCUT2D eigenvalue weighted by molar-refractivity contribution is 8.01. The Hall–Kier alpha value is -1.98. The highest BCUT2D eigenvalue weighted by Gasteiger charge is 2.27. The topological polar surface area (TPSA) is 110 Å². The lowest BCUT2D eigenvalue weighted by Crippen LogP contribution is -2.17. The van der Waals surface area contributed by atoms with E-state index in [9.17, 15) is 14.4 Å². The van der Waals surface area contributed by atoms with Crippen LogP contribution in [0.1, 0.15) is 66.8 Å². The van der Waals surface area contributed by atoms with Crippen LogP contribution in [0.4, 0.5) is 10.1 Å². The summed E-state index contributed by atoms with van der Waals surface area (Å²) in [6.07, 6.45) is 6.11. The minimum absolute atomic E-state index is 0.0829. The molecular formula is C20H26N4O4S3. The fourth-order valence-corrected chi connectivity index (χ4v) is 6.06. The lowest BCUT2D eigenvalue weighted by atomic mass is 9.95. The number of fused-ring (bicyclic) bond motifs is 1. The first-order valence-corrected chi connectivity index (χ1v) is 13.0. The quantitative estimate of drug-likeness (QED) is 0.291. The van der Waals surface area contributed by atoms with E-state index in [4.69, 9.17) is 4.74 Å². The molecule has 0 atom stereocenters. The Morgan fingerprint density at radius 3 is 2.65 bits per heavy atom. The fourth-order valence-electron chi connectivity index (χ4n) is 3.20. The molecule has 2 N–H and O–H groups in total. The molecule has 1 aliphatic carbocycles. The molecule has 2 aromatic rings. The number of amides is 2. The fraction of sp³-hybridized carbons (Fsp3) is 0.550. The highest BCUT2D eigenvalue weighted by Crippen LogP contribution is 2.38. The minimum Gasteiger partial charge on any atom is -0.462 e. The molecular weight excluding hydrogens is 456 g/mol. The first-order chi connectivity index (χ1) is 15.0. The van der Waals surface area contributed by atoms with E-state index < -0.39 is 0 Å². The molecule has 0 bridgehead atoms. The summed E-state index contributed by atoms with van der Waals surface area (Å²) in [6.45, 7) is 4.09. The van der Waals surface area contributed by atoms with Gasteiger partial charge in [0.15, 0.2) is 4.34 Å². The first kappa shape index (κ1) is 23.7. The van der Waals surface area contributed by atoms with E-state index in [2.05, 4.69) is 20.8 Å². The lowest BCUT2D eigenvalue weighted by molar-refractivity contribution is -0.116. The molecule has 2 heterocycles. The van der Waals surface area contributed by atoms with Gasteiger partial charge < -0.3 is 15.4 Å². The molecule has 2 aromatic heterocycles. The Morgan fingerprint density at radius 2 is 1.87 bits per heavy atom. The monoisotopic (exact) mass is 482 g/mol. The van der Waals surface area contributed by atoms with Gasteiger partial charge in [0.05, 0.1) is 17.9 Å². The number of hydrogen-bond acceptors (Lipinski definition) is 9. The third kappa shape index (κ3) is 6.50. The number of thioether (sulfide) groups is 1. The van der Waals surface area contributed by atoms with Gasteiger partial charge in [-0.1, -0.05) is 36.4 Å². The maximum Gasteiger partial charge on any atom is 0.341 e. The molecule has 0 spiro atoms. The second-order valence-corrected chi connectivity index (χ2v) is 10.3. The van der Waals surface area contributed by atoms with Crippen molar-refractivity contribution in [2.24, 2.45) is 0 Å². The molecule has 11 heteroatoms. The van der Waals surface area contributed by atoms with E-state index in [0.717, 1.165) is 49.0 Å². The molecule has 0 radical (unpaired) electrons. The van der Waals surface area contributed by atoms with Crippen LogP contribution < -0.4 is 10.6 Å². The number of hydrogen-bond donors (Lipinski definition) is 2. The summed E-state index contributed by atoms with van der Waals surface area (Å²) in [6, 6.07) is 0. The van der Waals surface area contributed by atoms with Crippen LogP contribution in [-0.2, 0) is 27.2 Å². The SMILES string of the molecule is CCCCC(=O)Nc1nnc(SCC(=O)Nc2sc3c(c2C(=O)OCC)CCCC3)s1. The second kappa shape index (κ2) is 11.6. The average molecular weight is 483 g/mol. The summed E-state index contributed by atoms with van der Waals surface area (Å²) < 4.78 is 5.82. The average Bonchev–Trinajstić information content (AvgIpc) is 3.34. The minimum atomic E-state index is -0.377. The van der Waals surface area contributed by atoms with Crippen molar-refractivity contribution >= 4 is 62.4 Å². The Kier molecular flexibility index (Phi) is 8.85.